The predicted molar refractivity (Wildman–Crippen MR) is 87.9 cm³/mol. The molecule has 1 aliphatic carbocycles. The smallest absolute Gasteiger partial charge is 0.269 e. The fourth-order valence-corrected chi connectivity index (χ4v) is 3.74. The van der Waals surface area contributed by atoms with E-state index in [9.17, 15) is 23.3 Å². The van der Waals surface area contributed by atoms with Gasteiger partial charge in [0.05, 0.1) is 9.82 Å². The molecule has 1 aromatic carbocycles. The van der Waals surface area contributed by atoms with Gasteiger partial charge in [0.25, 0.3) is 5.69 Å². The number of non-ortho nitro benzene ring substituents is 1. The van der Waals surface area contributed by atoms with E-state index in [4.69, 9.17) is 0 Å². The molecular formula is C15H21N3O5S. The van der Waals surface area contributed by atoms with Crippen LogP contribution in [-0.4, -0.2) is 32.3 Å². The molecule has 0 heterocycles. The van der Waals surface area contributed by atoms with Crippen molar-refractivity contribution in [1.82, 2.24) is 10.0 Å². The molecule has 1 fully saturated rings. The molecular weight excluding hydrogens is 334 g/mol. The summed E-state index contributed by atoms with van der Waals surface area (Å²) in [5, 5.41) is 13.3. The average molecular weight is 355 g/mol. The molecule has 1 saturated carbocycles. The maximum atomic E-state index is 12.1. The van der Waals surface area contributed by atoms with Crippen LogP contribution in [0.5, 0.6) is 0 Å². The van der Waals surface area contributed by atoms with Crippen molar-refractivity contribution in [1.29, 1.82) is 0 Å². The Kier molecular flexibility index (Phi) is 6.27. The Bertz CT molecular complexity index is 682. The van der Waals surface area contributed by atoms with Crippen molar-refractivity contribution in [3.8, 4) is 0 Å². The largest absolute Gasteiger partial charge is 0.355 e. The quantitative estimate of drug-likeness (QED) is 0.437. The van der Waals surface area contributed by atoms with E-state index in [0.717, 1.165) is 37.8 Å². The van der Waals surface area contributed by atoms with Crippen LogP contribution in [0.4, 0.5) is 5.69 Å². The van der Waals surface area contributed by atoms with Crippen LogP contribution in [0.2, 0.25) is 0 Å². The second-order valence-corrected chi connectivity index (χ2v) is 7.54. The number of sulfonamides is 1. The van der Waals surface area contributed by atoms with Gasteiger partial charge in [-0.3, -0.25) is 14.9 Å². The molecule has 0 aliphatic heterocycles. The van der Waals surface area contributed by atoms with E-state index < -0.39 is 14.9 Å². The minimum absolute atomic E-state index is 0.0239. The van der Waals surface area contributed by atoms with Gasteiger partial charge < -0.3 is 5.32 Å². The lowest BCUT2D eigenvalue weighted by atomic mass is 9.89. The van der Waals surface area contributed by atoms with Crippen LogP contribution in [-0.2, 0) is 14.8 Å². The van der Waals surface area contributed by atoms with E-state index in [2.05, 4.69) is 10.0 Å². The molecule has 1 aliphatic rings. The molecule has 0 atom stereocenters. The molecule has 132 valence electrons. The van der Waals surface area contributed by atoms with Gasteiger partial charge in [0.15, 0.2) is 0 Å². The first-order valence-electron chi connectivity index (χ1n) is 7.92. The normalized spacial score (nSPS) is 15.8. The highest BCUT2D eigenvalue weighted by atomic mass is 32.2. The van der Waals surface area contributed by atoms with Crippen molar-refractivity contribution >= 4 is 21.6 Å². The third kappa shape index (κ3) is 5.00. The average Bonchev–Trinajstić information content (AvgIpc) is 2.59. The SMILES string of the molecule is O=C(NCCNS(=O)(=O)c1ccc([N+](=O)[O-])cc1)C1CCCCC1. The molecule has 0 saturated heterocycles. The van der Waals surface area contributed by atoms with Gasteiger partial charge in [-0.2, -0.15) is 0 Å². The van der Waals surface area contributed by atoms with Crippen molar-refractivity contribution in [2.24, 2.45) is 5.92 Å². The van der Waals surface area contributed by atoms with Gasteiger partial charge in [0.1, 0.15) is 0 Å². The first-order valence-corrected chi connectivity index (χ1v) is 9.40. The molecule has 2 N–H and O–H groups in total. The summed E-state index contributed by atoms with van der Waals surface area (Å²) in [7, 11) is -3.75. The summed E-state index contributed by atoms with van der Waals surface area (Å²) in [4.78, 5) is 21.9. The summed E-state index contributed by atoms with van der Waals surface area (Å²) in [6, 6.07) is 4.64. The van der Waals surface area contributed by atoms with E-state index in [-0.39, 0.29) is 35.5 Å². The predicted octanol–water partition coefficient (Wildman–Crippen LogP) is 1.57. The number of hydrogen-bond acceptors (Lipinski definition) is 5. The molecule has 0 unspecified atom stereocenters. The summed E-state index contributed by atoms with van der Waals surface area (Å²) in [5.74, 6) is 0.00858. The van der Waals surface area contributed by atoms with Crippen molar-refractivity contribution in [2.75, 3.05) is 13.1 Å². The van der Waals surface area contributed by atoms with Gasteiger partial charge in [-0.05, 0) is 25.0 Å². The molecule has 0 spiro atoms. The van der Waals surface area contributed by atoms with Gasteiger partial charge in [0.2, 0.25) is 15.9 Å². The summed E-state index contributed by atoms with van der Waals surface area (Å²) in [5.41, 5.74) is -0.173. The number of nitro groups is 1. The van der Waals surface area contributed by atoms with Crippen LogP contribution in [0.25, 0.3) is 0 Å². The molecule has 1 aromatic rings. The van der Waals surface area contributed by atoms with Crippen LogP contribution < -0.4 is 10.0 Å². The first-order chi connectivity index (χ1) is 11.4. The molecule has 8 nitrogen and oxygen atoms in total. The topological polar surface area (TPSA) is 118 Å². The van der Waals surface area contributed by atoms with Crippen LogP contribution in [0.1, 0.15) is 32.1 Å². The van der Waals surface area contributed by atoms with Gasteiger partial charge in [-0.25, -0.2) is 13.1 Å². The lowest BCUT2D eigenvalue weighted by Crippen LogP contribution is -2.38. The highest BCUT2D eigenvalue weighted by Crippen LogP contribution is 2.23. The second kappa shape index (κ2) is 8.20. The number of amides is 1. The highest BCUT2D eigenvalue weighted by molar-refractivity contribution is 7.89. The van der Waals surface area contributed by atoms with Crippen LogP contribution in [0.15, 0.2) is 29.2 Å². The number of hydrogen-bond donors (Lipinski definition) is 2. The Balaban J connectivity index is 1.80. The Morgan fingerprint density at radius 3 is 2.33 bits per heavy atom. The number of nitro benzene ring substituents is 1. The van der Waals surface area contributed by atoms with Gasteiger partial charge in [0, 0.05) is 31.1 Å². The fraction of sp³-hybridized carbons (Fsp3) is 0.533. The summed E-state index contributed by atoms with van der Waals surface area (Å²) in [6.07, 6.45) is 5.06. The van der Waals surface area contributed by atoms with Crippen molar-refractivity contribution < 1.29 is 18.1 Å². The highest BCUT2D eigenvalue weighted by Gasteiger charge is 2.21. The van der Waals surface area contributed by atoms with Crippen molar-refractivity contribution in [3.05, 3.63) is 34.4 Å². The van der Waals surface area contributed by atoms with E-state index in [1.807, 2.05) is 0 Å². The third-order valence-electron chi connectivity index (χ3n) is 4.05. The lowest BCUT2D eigenvalue weighted by Gasteiger charge is -2.20. The molecule has 0 radical (unpaired) electrons. The number of nitrogens with one attached hydrogen (secondary N) is 2. The maximum Gasteiger partial charge on any atom is 0.269 e. The van der Waals surface area contributed by atoms with Crippen LogP contribution in [0, 0.1) is 16.0 Å². The van der Waals surface area contributed by atoms with Gasteiger partial charge in [-0.15, -0.1) is 0 Å². The standard InChI is InChI=1S/C15H21N3O5S/c19-15(12-4-2-1-3-5-12)16-10-11-17-24(22,23)14-8-6-13(7-9-14)18(20)21/h6-9,12,17H,1-5,10-11H2,(H,16,19). The molecule has 1 amide bonds. The summed E-state index contributed by atoms with van der Waals surface area (Å²) >= 11 is 0. The lowest BCUT2D eigenvalue weighted by molar-refractivity contribution is -0.384. The molecule has 2 rings (SSSR count). The van der Waals surface area contributed by atoms with Crippen LogP contribution in [0.3, 0.4) is 0 Å². The van der Waals surface area contributed by atoms with E-state index in [1.54, 1.807) is 0 Å². The molecule has 9 heteroatoms. The third-order valence-corrected chi connectivity index (χ3v) is 5.53. The second-order valence-electron chi connectivity index (χ2n) is 5.77. The van der Waals surface area contributed by atoms with E-state index in [0.29, 0.717) is 0 Å². The summed E-state index contributed by atoms with van der Waals surface area (Å²) in [6.45, 7) is 0.277. The minimum atomic E-state index is -3.75. The Hall–Kier alpha value is -2.00. The molecule has 0 aromatic heterocycles. The number of nitrogens with zero attached hydrogens (tertiary/aromatic N) is 1. The van der Waals surface area contributed by atoms with E-state index >= 15 is 0 Å². The molecule has 24 heavy (non-hydrogen) atoms. The number of rotatable bonds is 7. The Morgan fingerprint density at radius 1 is 1.12 bits per heavy atom. The maximum absolute atomic E-state index is 12.1. The fourth-order valence-electron chi connectivity index (χ4n) is 2.71. The first kappa shape index (κ1) is 18.3. The monoisotopic (exact) mass is 355 g/mol. The minimum Gasteiger partial charge on any atom is -0.355 e. The number of carbonyl (C=O) groups is 1. The number of carbonyl (C=O) groups excluding carboxylic acids is 1. The summed E-state index contributed by atoms with van der Waals surface area (Å²) < 4.78 is 26.5. The zero-order chi connectivity index (χ0) is 17.6. The van der Waals surface area contributed by atoms with Crippen LogP contribution >= 0.6 is 0 Å². The Labute approximate surface area is 140 Å². The zero-order valence-electron chi connectivity index (χ0n) is 13.2. The van der Waals surface area contributed by atoms with Gasteiger partial charge >= 0.3 is 0 Å². The number of benzene rings is 1. The van der Waals surface area contributed by atoms with E-state index in [1.165, 1.54) is 18.6 Å². The Morgan fingerprint density at radius 2 is 1.75 bits per heavy atom. The van der Waals surface area contributed by atoms with Gasteiger partial charge in [-0.1, -0.05) is 19.3 Å². The van der Waals surface area contributed by atoms with Crippen molar-refractivity contribution in [3.63, 3.8) is 0 Å². The molecule has 0 bridgehead atoms. The zero-order valence-corrected chi connectivity index (χ0v) is 14.0. The van der Waals surface area contributed by atoms with Crippen molar-refractivity contribution in [2.45, 2.75) is 37.0 Å².